The lowest BCUT2D eigenvalue weighted by Gasteiger charge is -2.27. The Balaban J connectivity index is 1.08. The second-order valence-electron chi connectivity index (χ2n) is 14.1. The largest absolute Gasteiger partial charge is 0.489 e. The Hall–Kier alpha value is -5.52. The van der Waals surface area contributed by atoms with E-state index in [1.807, 2.05) is 90.8 Å². The van der Waals surface area contributed by atoms with Gasteiger partial charge in [-0.2, -0.15) is 0 Å². The van der Waals surface area contributed by atoms with Crippen molar-refractivity contribution in [2.75, 3.05) is 40.4 Å². The monoisotopic (exact) mass is 760 g/mol. The fourth-order valence-electron chi connectivity index (χ4n) is 6.45. The third kappa shape index (κ3) is 13.6. The molecule has 3 N–H and O–H groups in total. The second-order valence-corrected chi connectivity index (χ2v) is 14.1. The summed E-state index contributed by atoms with van der Waals surface area (Å²) in [4.78, 5) is 26.2. The highest BCUT2D eigenvalue weighted by Gasteiger charge is 2.19. The summed E-state index contributed by atoms with van der Waals surface area (Å²) >= 11 is 0. The number of aliphatic carboxylic acids is 2. The molecule has 5 aromatic rings. The lowest BCUT2D eigenvalue weighted by atomic mass is 10.0. The number of aliphatic hydroxyl groups is 1. The molecule has 0 aliphatic heterocycles. The number of carboxylic acids is 2. The molecule has 0 saturated heterocycles. The van der Waals surface area contributed by atoms with Gasteiger partial charge >= 0.3 is 11.9 Å². The molecule has 5 aromatic carbocycles. The molecule has 2 atom stereocenters. The molecule has 0 amide bonds. The number of carbonyl (C=O) groups is 2. The van der Waals surface area contributed by atoms with Gasteiger partial charge in [-0.25, -0.2) is 0 Å². The predicted octanol–water partition coefficient (Wildman–Crippen LogP) is 6.97. The van der Waals surface area contributed by atoms with Crippen LogP contribution in [0.2, 0.25) is 0 Å². The summed E-state index contributed by atoms with van der Waals surface area (Å²) in [6.45, 7) is 1.54. The highest BCUT2D eigenvalue weighted by molar-refractivity contribution is 5.69. The van der Waals surface area contributed by atoms with Crippen LogP contribution in [0.5, 0.6) is 11.5 Å². The lowest BCUT2D eigenvalue weighted by Crippen LogP contribution is -2.40. The van der Waals surface area contributed by atoms with Crippen LogP contribution in [-0.2, 0) is 47.0 Å². The topological polar surface area (TPSA) is 129 Å². The van der Waals surface area contributed by atoms with Crippen molar-refractivity contribution in [1.82, 2.24) is 9.80 Å². The van der Waals surface area contributed by atoms with Crippen molar-refractivity contribution in [2.45, 2.75) is 51.2 Å². The van der Waals surface area contributed by atoms with Gasteiger partial charge in [0.25, 0.3) is 0 Å². The molecule has 0 fully saturated rings. The number of aliphatic hydroxyl groups excluding tert-OH is 1. The summed E-state index contributed by atoms with van der Waals surface area (Å²) in [7, 11) is 3.58. The van der Waals surface area contributed by atoms with Gasteiger partial charge in [-0.05, 0) is 96.6 Å². The number of likely N-dealkylation sites (N-methyl/N-ethyl adjacent to an activating group) is 2. The highest BCUT2D eigenvalue weighted by Crippen LogP contribution is 2.23. The number of ether oxygens (including phenoxy) is 3. The number of hydrogen-bond acceptors (Lipinski definition) is 8. The van der Waals surface area contributed by atoms with E-state index in [1.165, 1.54) is 0 Å². The predicted molar refractivity (Wildman–Crippen MR) is 217 cm³/mol. The first-order valence-corrected chi connectivity index (χ1v) is 18.8. The third-order valence-electron chi connectivity index (χ3n) is 9.74. The van der Waals surface area contributed by atoms with Crippen LogP contribution in [0, 0.1) is 0 Å². The highest BCUT2D eigenvalue weighted by atomic mass is 16.5. The number of benzene rings is 5. The number of hydrogen-bond donors (Lipinski definition) is 3. The maximum atomic E-state index is 11.5. The molecule has 10 heteroatoms. The molecular weight excluding hydrogens is 709 g/mol. The molecule has 0 radical (unpaired) electrons. The Bertz CT molecular complexity index is 1920. The Kier molecular flexibility index (Phi) is 16.0. The van der Waals surface area contributed by atoms with E-state index in [0.717, 1.165) is 50.4 Å². The molecule has 5 rings (SSSR count). The molecule has 294 valence electrons. The standard InChI is InChI=1S/C46H52N2O8/c1-47(28-45(50)51)41(24-25-49)26-34-12-20-44(21-13-34)56-32-38-10-18-40(19-11-38)39-16-8-37(9-17-39)30-54-33-42(48(2)29-46(52)53)27-35-14-22-43(23-15-35)55-31-36-6-4-3-5-7-36/h3-23,41-42,49H,24-33H2,1-2H3,(H,50,51)(H,52,53). The van der Waals surface area contributed by atoms with E-state index in [9.17, 15) is 19.8 Å². The molecule has 0 saturated carbocycles. The summed E-state index contributed by atoms with van der Waals surface area (Å²) in [5.41, 5.74) is 7.46. The van der Waals surface area contributed by atoms with Crippen LogP contribution >= 0.6 is 0 Å². The van der Waals surface area contributed by atoms with Gasteiger partial charge in [0, 0.05) is 18.7 Å². The summed E-state index contributed by atoms with van der Waals surface area (Å²) in [6, 6.07) is 42.0. The Morgan fingerprint density at radius 1 is 0.536 bits per heavy atom. The van der Waals surface area contributed by atoms with E-state index >= 15 is 0 Å². The van der Waals surface area contributed by atoms with Crippen molar-refractivity contribution >= 4 is 11.9 Å². The maximum Gasteiger partial charge on any atom is 0.317 e. The minimum Gasteiger partial charge on any atom is -0.489 e. The summed E-state index contributed by atoms with van der Waals surface area (Å²) in [5, 5.41) is 28.0. The van der Waals surface area contributed by atoms with Gasteiger partial charge in [0.15, 0.2) is 0 Å². The van der Waals surface area contributed by atoms with E-state index in [2.05, 4.69) is 48.5 Å². The van der Waals surface area contributed by atoms with Crippen LogP contribution < -0.4 is 9.47 Å². The molecule has 0 spiro atoms. The maximum absolute atomic E-state index is 11.5. The van der Waals surface area contributed by atoms with Crippen LogP contribution in [0.15, 0.2) is 127 Å². The second kappa shape index (κ2) is 21.5. The number of rotatable bonds is 23. The van der Waals surface area contributed by atoms with E-state index in [0.29, 0.717) is 45.7 Å². The van der Waals surface area contributed by atoms with Crippen LogP contribution in [0.4, 0.5) is 0 Å². The van der Waals surface area contributed by atoms with Crippen molar-refractivity contribution in [3.05, 3.63) is 155 Å². The van der Waals surface area contributed by atoms with Gasteiger partial charge in [0.05, 0.1) is 26.3 Å². The van der Waals surface area contributed by atoms with E-state index in [-0.39, 0.29) is 31.8 Å². The van der Waals surface area contributed by atoms with E-state index in [4.69, 9.17) is 19.3 Å². The van der Waals surface area contributed by atoms with E-state index in [1.54, 1.807) is 11.9 Å². The molecule has 56 heavy (non-hydrogen) atoms. The smallest absolute Gasteiger partial charge is 0.317 e. The molecule has 0 bridgehead atoms. The Morgan fingerprint density at radius 2 is 0.946 bits per heavy atom. The average Bonchev–Trinajstić information content (AvgIpc) is 3.20. The third-order valence-corrected chi connectivity index (χ3v) is 9.74. The minimum absolute atomic E-state index is 0.00264. The Labute approximate surface area is 329 Å². The molecule has 10 nitrogen and oxygen atoms in total. The van der Waals surface area contributed by atoms with Crippen molar-refractivity contribution in [2.24, 2.45) is 0 Å². The summed E-state index contributed by atoms with van der Waals surface area (Å²) in [6.07, 6.45) is 1.77. The normalized spacial score (nSPS) is 12.4. The Morgan fingerprint density at radius 3 is 1.41 bits per heavy atom. The molecule has 0 aliphatic rings. The zero-order valence-corrected chi connectivity index (χ0v) is 32.1. The lowest BCUT2D eigenvalue weighted by molar-refractivity contribution is -0.139. The first-order valence-electron chi connectivity index (χ1n) is 18.8. The molecule has 2 unspecified atom stereocenters. The zero-order chi connectivity index (χ0) is 39.7. The minimum atomic E-state index is -0.891. The van der Waals surface area contributed by atoms with Gasteiger partial charge in [0.2, 0.25) is 0 Å². The van der Waals surface area contributed by atoms with Crippen LogP contribution in [0.25, 0.3) is 11.1 Å². The number of carboxylic acid groups (broad SMARTS) is 2. The van der Waals surface area contributed by atoms with Crippen LogP contribution in [0.3, 0.4) is 0 Å². The number of nitrogens with zero attached hydrogens (tertiary/aromatic N) is 2. The first kappa shape index (κ1) is 41.6. The zero-order valence-electron chi connectivity index (χ0n) is 32.1. The van der Waals surface area contributed by atoms with Crippen molar-refractivity contribution < 1.29 is 39.1 Å². The fraction of sp³-hybridized carbons (Fsp3) is 0.304. The van der Waals surface area contributed by atoms with Gasteiger partial charge in [-0.1, -0.05) is 103 Å². The fourth-order valence-corrected chi connectivity index (χ4v) is 6.45. The van der Waals surface area contributed by atoms with Gasteiger partial charge in [-0.15, -0.1) is 0 Å². The first-order chi connectivity index (χ1) is 27.1. The van der Waals surface area contributed by atoms with Crippen molar-refractivity contribution in [3.8, 4) is 22.6 Å². The van der Waals surface area contributed by atoms with Crippen LogP contribution in [0.1, 0.15) is 34.2 Å². The van der Waals surface area contributed by atoms with Crippen molar-refractivity contribution in [3.63, 3.8) is 0 Å². The quantitative estimate of drug-likeness (QED) is 0.0643. The molecule has 0 aliphatic carbocycles. The molecule has 0 aromatic heterocycles. The van der Waals surface area contributed by atoms with Crippen molar-refractivity contribution in [1.29, 1.82) is 0 Å². The molecular formula is C46H52N2O8. The van der Waals surface area contributed by atoms with Gasteiger partial charge < -0.3 is 29.5 Å². The summed E-state index contributed by atoms with van der Waals surface area (Å²) < 4.78 is 18.1. The summed E-state index contributed by atoms with van der Waals surface area (Å²) in [5.74, 6) is -0.247. The van der Waals surface area contributed by atoms with Gasteiger partial charge in [0.1, 0.15) is 24.7 Å². The average molecular weight is 761 g/mol. The van der Waals surface area contributed by atoms with E-state index < -0.39 is 11.9 Å². The molecule has 0 heterocycles. The SMILES string of the molecule is CN(CC(=O)O)C(CCO)Cc1ccc(OCc2ccc(-c3ccc(COCC(Cc4ccc(OCc5ccccc5)cc4)N(C)CC(=O)O)cc3)cc2)cc1. The van der Waals surface area contributed by atoms with Crippen LogP contribution in [-0.4, -0.2) is 89.5 Å². The van der Waals surface area contributed by atoms with Gasteiger partial charge in [-0.3, -0.25) is 19.4 Å².